The molecule has 0 amide bonds. The molecule has 0 aromatic heterocycles. The Morgan fingerprint density at radius 2 is 2.00 bits per heavy atom. The predicted molar refractivity (Wildman–Crippen MR) is 67.7 cm³/mol. The van der Waals surface area contributed by atoms with E-state index in [0.29, 0.717) is 19.6 Å². The summed E-state index contributed by atoms with van der Waals surface area (Å²) in [5, 5.41) is -0.300. The third kappa shape index (κ3) is 1.65. The Bertz CT molecular complexity index is 523. The molecule has 3 aliphatic rings. The summed E-state index contributed by atoms with van der Waals surface area (Å²) in [6.45, 7) is 1.78. The molecule has 0 aliphatic carbocycles. The second-order valence-electron chi connectivity index (χ2n) is 4.85. The molecule has 2 unspecified atom stereocenters. The Morgan fingerprint density at radius 3 is 2.59 bits per heavy atom. The highest BCUT2D eigenvalue weighted by Crippen LogP contribution is 2.37. The Labute approximate surface area is 101 Å². The van der Waals surface area contributed by atoms with Gasteiger partial charge in [0.25, 0.3) is 0 Å². The van der Waals surface area contributed by atoms with Gasteiger partial charge in [0, 0.05) is 25.3 Å². The van der Waals surface area contributed by atoms with Gasteiger partial charge in [-0.05, 0) is 24.1 Å². The number of nitrogens with two attached hydrogens (primary N) is 1. The van der Waals surface area contributed by atoms with Crippen LogP contribution in [0, 0.1) is 0 Å². The zero-order chi connectivity index (χ0) is 12.0. The van der Waals surface area contributed by atoms with Crippen molar-refractivity contribution < 1.29 is 8.42 Å². The Kier molecular flexibility index (Phi) is 2.41. The largest absolute Gasteiger partial charge is 0.369 e. The highest BCUT2D eigenvalue weighted by atomic mass is 32.2. The van der Waals surface area contributed by atoms with Crippen LogP contribution in [0.4, 0.5) is 5.69 Å². The van der Waals surface area contributed by atoms with Crippen LogP contribution in [-0.4, -0.2) is 32.0 Å². The maximum absolute atomic E-state index is 11.7. The summed E-state index contributed by atoms with van der Waals surface area (Å²) < 4.78 is 23.4. The second-order valence-corrected chi connectivity index (χ2v) is 7.36. The minimum absolute atomic E-state index is 0.150. The Balaban J connectivity index is 1.83. The smallest absolute Gasteiger partial charge is 0.159 e. The van der Waals surface area contributed by atoms with Crippen LogP contribution in [0.25, 0.3) is 0 Å². The van der Waals surface area contributed by atoms with Crippen LogP contribution in [0.1, 0.15) is 12.0 Å². The number of benzene rings is 1. The fraction of sp³-hybridized carbons (Fsp3) is 0.500. The van der Waals surface area contributed by atoms with Crippen molar-refractivity contribution in [2.24, 2.45) is 5.73 Å². The molecule has 1 aromatic rings. The Morgan fingerprint density at radius 1 is 1.29 bits per heavy atom. The summed E-state index contributed by atoms with van der Waals surface area (Å²) in [6, 6.07) is 8.05. The summed E-state index contributed by atoms with van der Waals surface area (Å²) >= 11 is 0. The fourth-order valence-electron chi connectivity index (χ4n) is 2.73. The maximum atomic E-state index is 11.7. The number of hydrogen-bond donors (Lipinski definition) is 1. The molecular formula is C12H16N2O2S. The Hall–Kier alpha value is -1.07. The molecule has 2 N–H and O–H groups in total. The number of fused-ring (bicyclic) bond motifs is 2. The molecule has 3 saturated heterocycles. The molecule has 4 nitrogen and oxygen atoms in total. The minimum atomic E-state index is -2.79. The van der Waals surface area contributed by atoms with Crippen molar-refractivity contribution in [1.29, 1.82) is 0 Å². The maximum Gasteiger partial charge on any atom is 0.159 e. The quantitative estimate of drug-likeness (QED) is 0.833. The molecule has 5 heteroatoms. The first-order valence-corrected chi connectivity index (χ1v) is 7.49. The van der Waals surface area contributed by atoms with Crippen LogP contribution in [0.15, 0.2) is 24.3 Å². The number of piperidine rings is 1. The van der Waals surface area contributed by atoms with E-state index in [4.69, 9.17) is 5.73 Å². The van der Waals surface area contributed by atoms with Crippen molar-refractivity contribution >= 4 is 15.5 Å². The zero-order valence-corrected chi connectivity index (χ0v) is 10.4. The van der Waals surface area contributed by atoms with Gasteiger partial charge in [-0.2, -0.15) is 0 Å². The van der Waals surface area contributed by atoms with Gasteiger partial charge in [-0.3, -0.25) is 0 Å². The number of nitrogens with zero attached hydrogens (tertiary/aromatic N) is 1. The molecule has 3 aliphatic heterocycles. The van der Waals surface area contributed by atoms with Gasteiger partial charge in [0.2, 0.25) is 0 Å². The van der Waals surface area contributed by atoms with E-state index in [1.54, 1.807) is 0 Å². The van der Waals surface area contributed by atoms with Crippen LogP contribution >= 0.6 is 0 Å². The van der Waals surface area contributed by atoms with Gasteiger partial charge >= 0.3 is 0 Å². The van der Waals surface area contributed by atoms with Crippen molar-refractivity contribution in [2.75, 3.05) is 18.0 Å². The van der Waals surface area contributed by atoms with E-state index in [9.17, 15) is 8.42 Å². The topological polar surface area (TPSA) is 63.4 Å². The predicted octanol–water partition coefficient (Wildman–Crippen LogP) is 0.521. The fourth-order valence-corrected chi connectivity index (χ4v) is 4.69. The summed E-state index contributed by atoms with van der Waals surface area (Å²) in [4.78, 5) is 2.17. The average Bonchev–Trinajstić information content (AvgIpc) is 2.39. The number of sulfone groups is 1. The van der Waals surface area contributed by atoms with Crippen LogP contribution in [0.2, 0.25) is 0 Å². The van der Waals surface area contributed by atoms with Gasteiger partial charge in [-0.15, -0.1) is 0 Å². The second kappa shape index (κ2) is 3.71. The number of anilines is 1. The molecule has 92 valence electrons. The molecule has 3 heterocycles. The highest BCUT2D eigenvalue weighted by Gasteiger charge is 2.51. The first-order chi connectivity index (χ1) is 8.11. The van der Waals surface area contributed by atoms with E-state index in [2.05, 4.69) is 11.0 Å². The van der Waals surface area contributed by atoms with Gasteiger partial charge in [-0.25, -0.2) is 8.42 Å². The summed E-state index contributed by atoms with van der Waals surface area (Å²) in [6.07, 6.45) is 0.843. The molecule has 0 spiro atoms. The minimum Gasteiger partial charge on any atom is -0.369 e. The molecule has 0 saturated carbocycles. The van der Waals surface area contributed by atoms with E-state index in [0.717, 1.165) is 17.7 Å². The molecule has 3 fully saturated rings. The van der Waals surface area contributed by atoms with E-state index < -0.39 is 9.84 Å². The molecule has 17 heavy (non-hydrogen) atoms. The van der Waals surface area contributed by atoms with Crippen LogP contribution in [-0.2, 0) is 16.4 Å². The molecule has 2 atom stereocenters. The van der Waals surface area contributed by atoms with Gasteiger partial charge in [0.1, 0.15) is 0 Å². The molecule has 4 rings (SSSR count). The normalized spacial score (nSPS) is 29.8. The standard InChI is InChI=1S/C12H16N2O2S/c13-6-9-2-1-3-10(4-9)14-7-11-5-12(8-14)17(11,15)16/h1-4,11-12H,5-8,13H2. The highest BCUT2D eigenvalue weighted by molar-refractivity contribution is 7.94. The monoisotopic (exact) mass is 252 g/mol. The number of rotatable bonds is 2. The number of hydrogen-bond acceptors (Lipinski definition) is 4. The lowest BCUT2D eigenvalue weighted by Crippen LogP contribution is -2.62. The van der Waals surface area contributed by atoms with Gasteiger partial charge in [-0.1, -0.05) is 12.1 Å². The lowest BCUT2D eigenvalue weighted by molar-refractivity contribution is 0.460. The van der Waals surface area contributed by atoms with E-state index in [1.165, 1.54) is 0 Å². The van der Waals surface area contributed by atoms with Crippen molar-refractivity contribution in [1.82, 2.24) is 0 Å². The van der Waals surface area contributed by atoms with E-state index in [-0.39, 0.29) is 10.5 Å². The molecule has 1 aromatic carbocycles. The van der Waals surface area contributed by atoms with Crippen LogP contribution in [0.5, 0.6) is 0 Å². The molecular weight excluding hydrogens is 236 g/mol. The average molecular weight is 252 g/mol. The SMILES string of the molecule is NCc1cccc(N2CC3CC(C2)S3(=O)=O)c1. The van der Waals surface area contributed by atoms with E-state index in [1.807, 2.05) is 18.2 Å². The van der Waals surface area contributed by atoms with Crippen molar-refractivity contribution in [3.05, 3.63) is 29.8 Å². The molecule has 2 bridgehead atoms. The van der Waals surface area contributed by atoms with Crippen molar-refractivity contribution in [3.8, 4) is 0 Å². The lowest BCUT2D eigenvalue weighted by Gasteiger charge is -2.47. The third-order valence-corrected chi connectivity index (χ3v) is 6.36. The summed E-state index contributed by atoms with van der Waals surface area (Å²) in [7, 11) is -2.79. The summed E-state index contributed by atoms with van der Waals surface area (Å²) in [5.41, 5.74) is 7.80. The van der Waals surface area contributed by atoms with E-state index >= 15 is 0 Å². The van der Waals surface area contributed by atoms with Crippen molar-refractivity contribution in [3.63, 3.8) is 0 Å². The van der Waals surface area contributed by atoms with Crippen LogP contribution < -0.4 is 10.6 Å². The lowest BCUT2D eigenvalue weighted by atomic mass is 10.1. The first-order valence-electron chi connectivity index (χ1n) is 5.88. The zero-order valence-electron chi connectivity index (χ0n) is 9.54. The van der Waals surface area contributed by atoms with Crippen molar-refractivity contribution in [2.45, 2.75) is 23.5 Å². The van der Waals surface area contributed by atoms with Gasteiger partial charge in [0.15, 0.2) is 9.84 Å². The molecule has 0 radical (unpaired) electrons. The first kappa shape index (κ1) is 11.0. The summed E-state index contributed by atoms with van der Waals surface area (Å²) in [5.74, 6) is 0. The van der Waals surface area contributed by atoms with Gasteiger partial charge < -0.3 is 10.6 Å². The third-order valence-electron chi connectivity index (χ3n) is 3.81. The van der Waals surface area contributed by atoms with Crippen LogP contribution in [0.3, 0.4) is 0 Å². The van der Waals surface area contributed by atoms with Gasteiger partial charge in [0.05, 0.1) is 10.5 Å².